The van der Waals surface area contributed by atoms with E-state index in [0.717, 1.165) is 29.9 Å². The minimum atomic E-state index is -0.482. The monoisotopic (exact) mass is 341 g/mol. The fourth-order valence-corrected chi connectivity index (χ4v) is 3.26. The molecule has 130 valence electrons. The Kier molecular flexibility index (Phi) is 4.07. The van der Waals surface area contributed by atoms with Crippen molar-refractivity contribution in [2.24, 2.45) is 0 Å². The fraction of sp³-hybridized carbons (Fsp3) is 0.350. The van der Waals surface area contributed by atoms with Crippen LogP contribution in [0.2, 0.25) is 0 Å². The van der Waals surface area contributed by atoms with Gasteiger partial charge < -0.3 is 14.8 Å². The van der Waals surface area contributed by atoms with Crippen LogP contribution < -0.4 is 14.8 Å². The molecule has 1 amide bonds. The Labute approximate surface area is 146 Å². The smallest absolute Gasteiger partial charge is 0.230 e. The molecule has 2 aliphatic rings. The predicted octanol–water partition coefficient (Wildman–Crippen LogP) is 3.20. The van der Waals surface area contributed by atoms with Gasteiger partial charge in [-0.05, 0) is 42.7 Å². The standard InChI is InChI=1S/C20H20FNO3/c21-15-7-5-14(6-8-15)20(10-11-20)19(23)22-12-9-16-13-24-17-3-1-2-4-18(17)25-16/h1-8,16H,9-13H2,(H,22,23)/t16-/m0/s1. The lowest BCUT2D eigenvalue weighted by Crippen LogP contribution is -2.38. The molecule has 1 N–H and O–H groups in total. The number of rotatable bonds is 5. The first-order valence-corrected chi connectivity index (χ1v) is 8.60. The first-order chi connectivity index (χ1) is 12.2. The van der Waals surface area contributed by atoms with E-state index >= 15 is 0 Å². The van der Waals surface area contributed by atoms with E-state index in [1.54, 1.807) is 12.1 Å². The summed E-state index contributed by atoms with van der Waals surface area (Å²) in [6.45, 7) is 1.01. The highest BCUT2D eigenvalue weighted by atomic mass is 19.1. The maximum Gasteiger partial charge on any atom is 0.230 e. The van der Waals surface area contributed by atoms with Gasteiger partial charge in [0.1, 0.15) is 18.5 Å². The number of carbonyl (C=O) groups is 1. The third kappa shape index (κ3) is 3.18. The molecule has 1 fully saturated rings. The molecule has 4 nitrogen and oxygen atoms in total. The van der Waals surface area contributed by atoms with Gasteiger partial charge in [-0.3, -0.25) is 4.79 Å². The Morgan fingerprint density at radius 3 is 2.56 bits per heavy atom. The van der Waals surface area contributed by atoms with Crippen molar-refractivity contribution in [3.63, 3.8) is 0 Å². The molecule has 1 atom stereocenters. The molecule has 4 rings (SSSR count). The molecule has 5 heteroatoms. The molecule has 2 aromatic rings. The highest BCUT2D eigenvalue weighted by Crippen LogP contribution is 2.48. The van der Waals surface area contributed by atoms with Gasteiger partial charge in [0.25, 0.3) is 0 Å². The van der Waals surface area contributed by atoms with Crippen LogP contribution in [0.15, 0.2) is 48.5 Å². The second-order valence-electron chi connectivity index (χ2n) is 6.63. The van der Waals surface area contributed by atoms with E-state index in [-0.39, 0.29) is 17.8 Å². The molecule has 0 radical (unpaired) electrons. The van der Waals surface area contributed by atoms with E-state index in [0.29, 0.717) is 19.6 Å². The quantitative estimate of drug-likeness (QED) is 0.908. The minimum absolute atomic E-state index is 0.0104. The van der Waals surface area contributed by atoms with Crippen LogP contribution in [0.4, 0.5) is 4.39 Å². The SMILES string of the molecule is O=C(NCC[C@H]1COc2ccccc2O1)C1(c2ccc(F)cc2)CC1. The van der Waals surface area contributed by atoms with Gasteiger partial charge in [0.05, 0.1) is 5.41 Å². The normalized spacial score (nSPS) is 20.0. The zero-order valence-electron chi connectivity index (χ0n) is 13.8. The topological polar surface area (TPSA) is 47.6 Å². The van der Waals surface area contributed by atoms with Gasteiger partial charge in [0.2, 0.25) is 5.91 Å². The summed E-state index contributed by atoms with van der Waals surface area (Å²) in [5.74, 6) is 1.23. The molecule has 25 heavy (non-hydrogen) atoms. The Morgan fingerprint density at radius 2 is 1.84 bits per heavy atom. The number of amides is 1. The Morgan fingerprint density at radius 1 is 1.12 bits per heavy atom. The fourth-order valence-electron chi connectivity index (χ4n) is 3.26. The summed E-state index contributed by atoms with van der Waals surface area (Å²) in [6, 6.07) is 13.8. The van der Waals surface area contributed by atoms with Crippen LogP contribution in [-0.4, -0.2) is 25.2 Å². The first kappa shape index (κ1) is 15.9. The lowest BCUT2D eigenvalue weighted by Gasteiger charge is -2.26. The van der Waals surface area contributed by atoms with E-state index < -0.39 is 5.41 Å². The highest BCUT2D eigenvalue weighted by molar-refractivity contribution is 5.91. The van der Waals surface area contributed by atoms with Gasteiger partial charge in [0.15, 0.2) is 11.5 Å². The second kappa shape index (κ2) is 6.39. The number of nitrogens with one attached hydrogen (secondary N) is 1. The molecule has 1 heterocycles. The Balaban J connectivity index is 1.30. The van der Waals surface area contributed by atoms with E-state index in [1.807, 2.05) is 24.3 Å². The summed E-state index contributed by atoms with van der Waals surface area (Å²) in [5.41, 5.74) is 0.405. The Hall–Kier alpha value is -2.56. The van der Waals surface area contributed by atoms with Crippen LogP contribution in [0.3, 0.4) is 0 Å². The number of para-hydroxylation sites is 2. The van der Waals surface area contributed by atoms with Gasteiger partial charge in [0, 0.05) is 13.0 Å². The van der Waals surface area contributed by atoms with Gasteiger partial charge in [-0.25, -0.2) is 4.39 Å². The van der Waals surface area contributed by atoms with Crippen LogP contribution in [0.5, 0.6) is 11.5 Å². The van der Waals surface area contributed by atoms with Gasteiger partial charge in [-0.15, -0.1) is 0 Å². The third-order valence-corrected chi connectivity index (χ3v) is 4.90. The average molecular weight is 341 g/mol. The number of hydrogen-bond acceptors (Lipinski definition) is 3. The molecule has 1 aliphatic carbocycles. The number of carbonyl (C=O) groups excluding carboxylic acids is 1. The largest absolute Gasteiger partial charge is 0.486 e. The van der Waals surface area contributed by atoms with Crippen molar-refractivity contribution < 1.29 is 18.7 Å². The van der Waals surface area contributed by atoms with Crippen LogP contribution in [0, 0.1) is 5.82 Å². The molecule has 1 saturated carbocycles. The van der Waals surface area contributed by atoms with E-state index in [1.165, 1.54) is 12.1 Å². The summed E-state index contributed by atoms with van der Waals surface area (Å²) in [4.78, 5) is 12.6. The molecule has 0 bridgehead atoms. The van der Waals surface area contributed by atoms with Crippen molar-refractivity contribution in [1.82, 2.24) is 5.32 Å². The van der Waals surface area contributed by atoms with Crippen molar-refractivity contribution >= 4 is 5.91 Å². The molecule has 2 aromatic carbocycles. The number of hydrogen-bond donors (Lipinski definition) is 1. The van der Waals surface area contributed by atoms with Crippen LogP contribution in [-0.2, 0) is 10.2 Å². The number of halogens is 1. The van der Waals surface area contributed by atoms with Crippen molar-refractivity contribution in [1.29, 1.82) is 0 Å². The van der Waals surface area contributed by atoms with Gasteiger partial charge in [-0.2, -0.15) is 0 Å². The van der Waals surface area contributed by atoms with Crippen LogP contribution in [0.1, 0.15) is 24.8 Å². The van der Waals surface area contributed by atoms with Crippen LogP contribution >= 0.6 is 0 Å². The second-order valence-corrected chi connectivity index (χ2v) is 6.63. The molecule has 0 spiro atoms. The molecular weight excluding hydrogens is 321 g/mol. The molecule has 1 aliphatic heterocycles. The molecule has 0 unspecified atom stereocenters. The lowest BCUT2D eigenvalue weighted by molar-refractivity contribution is -0.123. The predicted molar refractivity (Wildman–Crippen MR) is 91.3 cm³/mol. The van der Waals surface area contributed by atoms with Crippen molar-refractivity contribution in [3.8, 4) is 11.5 Å². The minimum Gasteiger partial charge on any atom is -0.486 e. The maximum atomic E-state index is 13.1. The molecule has 0 aromatic heterocycles. The van der Waals surface area contributed by atoms with Crippen molar-refractivity contribution in [2.45, 2.75) is 30.8 Å². The first-order valence-electron chi connectivity index (χ1n) is 8.60. The summed E-state index contributed by atoms with van der Waals surface area (Å²) in [6.07, 6.45) is 2.22. The van der Waals surface area contributed by atoms with Gasteiger partial charge in [-0.1, -0.05) is 24.3 Å². The summed E-state index contributed by atoms with van der Waals surface area (Å²) >= 11 is 0. The molecular formula is C20H20FNO3. The zero-order valence-corrected chi connectivity index (χ0v) is 13.8. The Bertz CT molecular complexity index is 771. The number of benzene rings is 2. The summed E-state index contributed by atoms with van der Waals surface area (Å²) in [5, 5.41) is 3.00. The maximum absolute atomic E-state index is 13.1. The van der Waals surface area contributed by atoms with E-state index in [4.69, 9.17) is 9.47 Å². The van der Waals surface area contributed by atoms with Crippen molar-refractivity contribution in [3.05, 3.63) is 59.9 Å². The summed E-state index contributed by atoms with van der Waals surface area (Å²) < 4.78 is 24.7. The summed E-state index contributed by atoms with van der Waals surface area (Å²) in [7, 11) is 0. The highest BCUT2D eigenvalue weighted by Gasteiger charge is 2.51. The van der Waals surface area contributed by atoms with Gasteiger partial charge >= 0.3 is 0 Å². The average Bonchev–Trinajstić information content (AvgIpc) is 3.44. The van der Waals surface area contributed by atoms with E-state index in [2.05, 4.69) is 5.32 Å². The zero-order chi connectivity index (χ0) is 17.3. The molecule has 0 saturated heterocycles. The number of fused-ring (bicyclic) bond motifs is 1. The third-order valence-electron chi connectivity index (χ3n) is 4.90. The van der Waals surface area contributed by atoms with Crippen molar-refractivity contribution in [2.75, 3.05) is 13.2 Å². The van der Waals surface area contributed by atoms with E-state index in [9.17, 15) is 9.18 Å². The lowest BCUT2D eigenvalue weighted by atomic mass is 9.95. The number of ether oxygens (including phenoxy) is 2. The van der Waals surface area contributed by atoms with Crippen LogP contribution in [0.25, 0.3) is 0 Å².